The van der Waals surface area contributed by atoms with Crippen molar-refractivity contribution in [2.45, 2.75) is 67.5 Å². The Morgan fingerprint density at radius 2 is 1.08 bits per heavy atom. The zero-order valence-corrected chi connectivity index (χ0v) is 21.3. The van der Waals surface area contributed by atoms with Crippen molar-refractivity contribution < 1.29 is 48.0 Å². The van der Waals surface area contributed by atoms with Crippen LogP contribution < -0.4 is 24.8 Å². The Labute approximate surface area is 173 Å². The minimum absolute atomic E-state index is 0. The fraction of sp³-hybridized carbons (Fsp3) is 0.600. The molecule has 1 heterocycles. The fourth-order valence-corrected chi connectivity index (χ4v) is 17.3. The molecule has 0 atom stereocenters. The largest absolute Gasteiger partial charge is 1.00 e. The summed E-state index contributed by atoms with van der Waals surface area (Å²) in [6, 6.07) is 0. The van der Waals surface area contributed by atoms with Crippen LogP contribution >= 0.6 is 0 Å². The van der Waals surface area contributed by atoms with E-state index in [1.807, 2.05) is 17.0 Å². The molecular weight excluding hydrogens is 430 g/mol. The van der Waals surface area contributed by atoms with Crippen LogP contribution in [0.25, 0.3) is 0 Å². The minimum Gasteiger partial charge on any atom is -1.00 e. The normalized spacial score (nSPS) is 21.7. The third-order valence-corrected chi connectivity index (χ3v) is 13.9. The van der Waals surface area contributed by atoms with E-state index in [2.05, 4.69) is 66.8 Å². The van der Waals surface area contributed by atoms with Crippen molar-refractivity contribution in [2.75, 3.05) is 0 Å². The molecule has 0 spiro atoms. The van der Waals surface area contributed by atoms with Crippen LogP contribution in [0.2, 0.25) is 13.1 Å². The van der Waals surface area contributed by atoms with E-state index in [0.29, 0.717) is 10.8 Å². The molecule has 4 heteroatoms. The van der Waals surface area contributed by atoms with E-state index in [1.54, 1.807) is 11.1 Å². The summed E-state index contributed by atoms with van der Waals surface area (Å²) in [5.41, 5.74) is 4.02. The molecule has 0 radical (unpaired) electrons. The first kappa shape index (κ1) is 22.7. The van der Waals surface area contributed by atoms with Crippen molar-refractivity contribution in [1.29, 1.82) is 0 Å². The second-order valence-electron chi connectivity index (χ2n) is 9.60. The van der Waals surface area contributed by atoms with Crippen molar-refractivity contribution in [1.82, 2.24) is 0 Å². The predicted octanol–water partition coefficient (Wildman–Crippen LogP) is 0.138. The summed E-state index contributed by atoms with van der Waals surface area (Å²) >= 11 is -0.514. The maximum atomic E-state index is 2.63. The Bertz CT molecular complexity index is 609. The molecule has 0 saturated heterocycles. The molecule has 0 aromatic heterocycles. The quantitative estimate of drug-likeness (QED) is 0.451. The molecule has 0 N–H and O–H groups in total. The number of hydrogen-bond acceptors (Lipinski definition) is 0. The van der Waals surface area contributed by atoms with Crippen molar-refractivity contribution in [3.8, 4) is 0 Å². The van der Waals surface area contributed by atoms with Crippen LogP contribution in [-0.4, -0.2) is 8.07 Å². The van der Waals surface area contributed by atoms with Gasteiger partial charge in [-0.3, -0.25) is 0 Å². The van der Waals surface area contributed by atoms with E-state index in [-0.39, 0.29) is 24.8 Å². The first-order valence-electron chi connectivity index (χ1n) is 8.60. The van der Waals surface area contributed by atoms with Gasteiger partial charge in [-0.05, 0) is 0 Å². The molecule has 3 aliphatic rings. The second kappa shape index (κ2) is 6.99. The zero-order valence-electron chi connectivity index (χ0n) is 16.3. The van der Waals surface area contributed by atoms with Gasteiger partial charge in [-0.2, -0.15) is 0 Å². The maximum absolute atomic E-state index is 2.63. The SMILES string of the molecule is CC(C)(C)C1=CC[C]2=C1[Si](C)(C)C1=[C](CC=C1C(C)(C)C)[Zr+2]2.[Cl-].[Cl-]. The number of allylic oxidation sites excluding steroid dienone is 8. The van der Waals surface area contributed by atoms with Crippen LogP contribution in [0.4, 0.5) is 0 Å². The van der Waals surface area contributed by atoms with E-state index in [9.17, 15) is 0 Å². The molecule has 0 saturated carbocycles. The van der Waals surface area contributed by atoms with Crippen LogP contribution in [0.3, 0.4) is 0 Å². The Kier molecular flexibility index (Phi) is 6.60. The molecule has 0 amide bonds. The summed E-state index contributed by atoms with van der Waals surface area (Å²) in [6.07, 6.45) is 7.74. The van der Waals surface area contributed by atoms with Gasteiger partial charge in [-0.15, -0.1) is 0 Å². The molecule has 132 valence electrons. The molecule has 2 aliphatic carbocycles. The Morgan fingerprint density at radius 1 is 0.750 bits per heavy atom. The average Bonchev–Trinajstić information content (AvgIpc) is 2.91. The standard InChI is InChI=1S/C20H30Si.2ClH.Zr/c1-19(2,3)15-11-9-13-17(15)21(7,8)18-14-10-12-16(18)20(4,5)6;;;/h11-12H,9-10H2,1-8H3;2*1H;/q;;;+2/p-2. The third kappa shape index (κ3) is 3.55. The molecule has 0 aromatic carbocycles. The van der Waals surface area contributed by atoms with Crippen LogP contribution in [0.1, 0.15) is 54.4 Å². The predicted molar refractivity (Wildman–Crippen MR) is 95.8 cm³/mol. The molecule has 0 unspecified atom stereocenters. The number of hydrogen-bond donors (Lipinski definition) is 0. The van der Waals surface area contributed by atoms with Gasteiger partial charge < -0.3 is 24.8 Å². The van der Waals surface area contributed by atoms with Crippen molar-refractivity contribution in [3.63, 3.8) is 0 Å². The summed E-state index contributed by atoms with van der Waals surface area (Å²) in [6.45, 7) is 19.7. The Balaban J connectivity index is 0.00000144. The van der Waals surface area contributed by atoms with Gasteiger partial charge in [0, 0.05) is 0 Å². The Hall–Kier alpha value is 0.640. The van der Waals surface area contributed by atoms with E-state index in [4.69, 9.17) is 0 Å². The molecule has 0 nitrogen and oxygen atoms in total. The van der Waals surface area contributed by atoms with Crippen LogP contribution in [0.15, 0.2) is 40.3 Å². The smallest absolute Gasteiger partial charge is 1.00 e. The van der Waals surface area contributed by atoms with Gasteiger partial charge in [-0.25, -0.2) is 0 Å². The van der Waals surface area contributed by atoms with E-state index in [1.165, 1.54) is 12.8 Å². The zero-order chi connectivity index (χ0) is 16.5. The second-order valence-corrected chi connectivity index (χ2v) is 17.4. The average molecular weight is 461 g/mol. The van der Waals surface area contributed by atoms with Gasteiger partial charge in [0.05, 0.1) is 0 Å². The summed E-state index contributed by atoms with van der Waals surface area (Å²) in [5, 5.41) is 3.75. The Morgan fingerprint density at radius 3 is 1.38 bits per heavy atom. The summed E-state index contributed by atoms with van der Waals surface area (Å²) in [5.74, 6) is 0. The number of halogens is 2. The third-order valence-electron chi connectivity index (χ3n) is 5.33. The molecule has 0 aromatic rings. The monoisotopic (exact) mass is 458 g/mol. The van der Waals surface area contributed by atoms with Crippen molar-refractivity contribution in [3.05, 3.63) is 40.3 Å². The molecule has 1 aliphatic heterocycles. The minimum atomic E-state index is -1.53. The molecule has 3 rings (SSSR count). The molecule has 0 bridgehead atoms. The molecular formula is C20H30Cl2SiZr. The van der Waals surface area contributed by atoms with Gasteiger partial charge >= 0.3 is 150 Å². The van der Waals surface area contributed by atoms with E-state index < -0.39 is 31.3 Å². The van der Waals surface area contributed by atoms with E-state index >= 15 is 0 Å². The van der Waals surface area contributed by atoms with Gasteiger partial charge in [0.1, 0.15) is 0 Å². The topological polar surface area (TPSA) is 0 Å². The van der Waals surface area contributed by atoms with Crippen molar-refractivity contribution >= 4 is 8.07 Å². The summed E-state index contributed by atoms with van der Waals surface area (Å²) < 4.78 is 3.85. The summed E-state index contributed by atoms with van der Waals surface area (Å²) in [4.78, 5) is 0. The van der Waals surface area contributed by atoms with Crippen LogP contribution in [0, 0.1) is 10.8 Å². The maximum Gasteiger partial charge on any atom is -1.00 e. The fourth-order valence-electron chi connectivity index (χ4n) is 4.47. The van der Waals surface area contributed by atoms with Gasteiger partial charge in [-0.1, -0.05) is 0 Å². The first-order valence-corrected chi connectivity index (χ1v) is 14.1. The molecule has 0 fully saturated rings. The van der Waals surface area contributed by atoms with Gasteiger partial charge in [0.2, 0.25) is 0 Å². The number of rotatable bonds is 0. The van der Waals surface area contributed by atoms with Crippen molar-refractivity contribution in [2.24, 2.45) is 10.8 Å². The van der Waals surface area contributed by atoms with E-state index in [0.717, 1.165) is 0 Å². The summed E-state index contributed by atoms with van der Waals surface area (Å²) in [7, 11) is -1.53. The van der Waals surface area contributed by atoms with Crippen LogP contribution in [-0.2, 0) is 23.2 Å². The van der Waals surface area contributed by atoms with Crippen LogP contribution in [0.5, 0.6) is 0 Å². The molecule has 24 heavy (non-hydrogen) atoms. The van der Waals surface area contributed by atoms with Gasteiger partial charge in [0.15, 0.2) is 0 Å². The van der Waals surface area contributed by atoms with Gasteiger partial charge in [0.25, 0.3) is 0 Å². The first-order chi connectivity index (χ1) is 9.94.